The summed E-state index contributed by atoms with van der Waals surface area (Å²) in [6, 6.07) is 13.5. The second kappa shape index (κ2) is 7.25. The fraction of sp³-hybridized carbons (Fsp3) is 0.158. The van der Waals surface area contributed by atoms with E-state index in [1.165, 1.54) is 18.2 Å². The lowest BCUT2D eigenvalue weighted by Crippen LogP contribution is -2.18. The minimum Gasteiger partial charge on any atom is -0.326 e. The van der Waals surface area contributed by atoms with Crippen LogP contribution in [0.5, 0.6) is 0 Å². The largest absolute Gasteiger partial charge is 0.326 e. The molecular formula is C19H18F2N4. The van der Waals surface area contributed by atoms with Crippen molar-refractivity contribution < 1.29 is 8.78 Å². The Morgan fingerprint density at radius 1 is 1.04 bits per heavy atom. The molecule has 4 nitrogen and oxygen atoms in total. The van der Waals surface area contributed by atoms with E-state index in [9.17, 15) is 8.78 Å². The molecule has 0 saturated carbocycles. The van der Waals surface area contributed by atoms with Gasteiger partial charge in [-0.3, -0.25) is 0 Å². The molecule has 25 heavy (non-hydrogen) atoms. The van der Waals surface area contributed by atoms with E-state index in [4.69, 9.17) is 0 Å². The molecule has 0 atom stereocenters. The molecule has 0 fully saturated rings. The van der Waals surface area contributed by atoms with E-state index in [1.807, 2.05) is 36.9 Å². The Morgan fingerprint density at radius 3 is 2.44 bits per heavy atom. The van der Waals surface area contributed by atoms with E-state index in [1.54, 1.807) is 12.3 Å². The first-order chi connectivity index (χ1) is 12.1. The molecule has 3 aromatic rings. The van der Waals surface area contributed by atoms with Gasteiger partial charge in [-0.1, -0.05) is 18.2 Å². The summed E-state index contributed by atoms with van der Waals surface area (Å²) in [4.78, 5) is 10.5. The van der Waals surface area contributed by atoms with Crippen molar-refractivity contribution in [2.45, 2.75) is 13.8 Å². The zero-order valence-electron chi connectivity index (χ0n) is 14.0. The minimum atomic E-state index is -0.694. The number of benzene rings is 2. The molecule has 2 aromatic carbocycles. The van der Waals surface area contributed by atoms with Gasteiger partial charge in [0, 0.05) is 18.4 Å². The summed E-state index contributed by atoms with van der Waals surface area (Å²) in [5.74, 6) is -0.616. The van der Waals surface area contributed by atoms with Gasteiger partial charge in [0.1, 0.15) is 23.1 Å². The number of nitrogens with one attached hydrogen (secondary N) is 1. The summed E-state index contributed by atoms with van der Waals surface area (Å²) in [5.41, 5.74) is 1.86. The lowest BCUT2D eigenvalue weighted by molar-refractivity contribution is 0.590. The van der Waals surface area contributed by atoms with Crippen LogP contribution in [0.15, 0.2) is 54.7 Å². The molecule has 0 amide bonds. The lowest BCUT2D eigenvalue weighted by Gasteiger charge is -2.22. The minimum absolute atomic E-state index is 0.132. The predicted molar refractivity (Wildman–Crippen MR) is 95.5 cm³/mol. The van der Waals surface area contributed by atoms with Crippen LogP contribution in [0.1, 0.15) is 12.5 Å². The average Bonchev–Trinajstić information content (AvgIpc) is 2.60. The Kier molecular flexibility index (Phi) is 4.88. The maximum atomic E-state index is 13.8. The summed E-state index contributed by atoms with van der Waals surface area (Å²) in [7, 11) is 0. The van der Waals surface area contributed by atoms with Crippen LogP contribution in [0.3, 0.4) is 0 Å². The molecule has 0 aliphatic carbocycles. The van der Waals surface area contributed by atoms with Crippen LogP contribution < -0.4 is 10.2 Å². The van der Waals surface area contributed by atoms with E-state index in [-0.39, 0.29) is 11.6 Å². The molecule has 6 heteroatoms. The fourth-order valence-corrected chi connectivity index (χ4v) is 2.56. The Hall–Kier alpha value is -3.02. The van der Waals surface area contributed by atoms with Crippen molar-refractivity contribution in [2.75, 3.05) is 16.8 Å². The summed E-state index contributed by atoms with van der Waals surface area (Å²) >= 11 is 0. The second-order valence-corrected chi connectivity index (χ2v) is 5.54. The molecule has 0 aliphatic rings. The van der Waals surface area contributed by atoms with Crippen LogP contribution in [-0.4, -0.2) is 16.5 Å². The maximum absolute atomic E-state index is 13.8. The predicted octanol–water partition coefficient (Wildman–Crippen LogP) is 4.96. The third-order valence-electron chi connectivity index (χ3n) is 3.75. The lowest BCUT2D eigenvalue weighted by atomic mass is 10.2. The van der Waals surface area contributed by atoms with E-state index < -0.39 is 11.6 Å². The highest BCUT2D eigenvalue weighted by molar-refractivity contribution is 5.63. The van der Waals surface area contributed by atoms with Gasteiger partial charge in [-0.25, -0.2) is 13.8 Å². The Morgan fingerprint density at radius 2 is 1.76 bits per heavy atom. The number of aryl methyl sites for hydroxylation is 1. The zero-order valence-corrected chi connectivity index (χ0v) is 14.0. The molecule has 3 rings (SSSR count). The number of nitrogens with zero attached hydrogens (tertiary/aromatic N) is 3. The molecule has 0 spiro atoms. The average molecular weight is 340 g/mol. The zero-order chi connectivity index (χ0) is 17.8. The van der Waals surface area contributed by atoms with Gasteiger partial charge in [-0.05, 0) is 49.7 Å². The van der Waals surface area contributed by atoms with E-state index in [0.29, 0.717) is 12.4 Å². The van der Waals surface area contributed by atoms with Crippen molar-refractivity contribution in [1.82, 2.24) is 9.97 Å². The first-order valence-electron chi connectivity index (χ1n) is 7.96. The standard InChI is InChI=1S/C19H18F2N4/c1-3-25(14-7-4-6-13(2)12-14)17-10-11-22-19(23-17)24-18-15(20)8-5-9-16(18)21/h4-12H,3H2,1-2H3,(H,22,23,24). The summed E-state index contributed by atoms with van der Waals surface area (Å²) < 4.78 is 27.6. The fourth-order valence-electron chi connectivity index (χ4n) is 2.56. The topological polar surface area (TPSA) is 41.1 Å². The quantitative estimate of drug-likeness (QED) is 0.712. The smallest absolute Gasteiger partial charge is 0.229 e. The number of anilines is 4. The van der Waals surface area contributed by atoms with Crippen LogP contribution >= 0.6 is 0 Å². The van der Waals surface area contributed by atoms with Crippen LogP contribution in [0.4, 0.5) is 31.9 Å². The number of para-hydroxylation sites is 1. The molecule has 1 heterocycles. The summed E-state index contributed by atoms with van der Waals surface area (Å²) in [6.45, 7) is 4.72. The number of hydrogen-bond acceptors (Lipinski definition) is 4. The van der Waals surface area contributed by atoms with Crippen molar-refractivity contribution in [2.24, 2.45) is 0 Å². The van der Waals surface area contributed by atoms with E-state index in [0.717, 1.165) is 11.3 Å². The molecule has 0 unspecified atom stereocenters. The number of hydrogen-bond donors (Lipinski definition) is 1. The van der Waals surface area contributed by atoms with Gasteiger partial charge in [0.15, 0.2) is 0 Å². The van der Waals surface area contributed by atoms with Crippen molar-refractivity contribution in [3.63, 3.8) is 0 Å². The van der Waals surface area contributed by atoms with Crippen molar-refractivity contribution >= 4 is 23.1 Å². The van der Waals surface area contributed by atoms with Gasteiger partial charge in [-0.2, -0.15) is 4.98 Å². The third kappa shape index (κ3) is 3.74. The normalized spacial score (nSPS) is 10.6. The highest BCUT2D eigenvalue weighted by Gasteiger charge is 2.13. The van der Waals surface area contributed by atoms with Crippen LogP contribution in [0.2, 0.25) is 0 Å². The molecule has 0 saturated heterocycles. The van der Waals surface area contributed by atoms with E-state index >= 15 is 0 Å². The van der Waals surface area contributed by atoms with Crippen molar-refractivity contribution in [1.29, 1.82) is 0 Å². The molecular weight excluding hydrogens is 322 g/mol. The first-order valence-corrected chi connectivity index (χ1v) is 7.96. The second-order valence-electron chi connectivity index (χ2n) is 5.54. The summed E-state index contributed by atoms with van der Waals surface area (Å²) in [5, 5.41) is 2.62. The van der Waals surface area contributed by atoms with Gasteiger partial charge in [0.25, 0.3) is 0 Å². The van der Waals surface area contributed by atoms with Crippen molar-refractivity contribution in [3.05, 3.63) is 71.9 Å². The van der Waals surface area contributed by atoms with Crippen LogP contribution in [0, 0.1) is 18.6 Å². The Balaban J connectivity index is 1.93. The Labute approximate surface area is 145 Å². The third-order valence-corrected chi connectivity index (χ3v) is 3.75. The van der Waals surface area contributed by atoms with Gasteiger partial charge in [-0.15, -0.1) is 0 Å². The number of rotatable bonds is 5. The molecule has 1 N–H and O–H groups in total. The number of aromatic nitrogens is 2. The first kappa shape index (κ1) is 16.8. The van der Waals surface area contributed by atoms with Gasteiger partial charge in [0.2, 0.25) is 5.95 Å². The van der Waals surface area contributed by atoms with Crippen molar-refractivity contribution in [3.8, 4) is 0 Å². The number of halogens is 2. The highest BCUT2D eigenvalue weighted by Crippen LogP contribution is 2.26. The highest BCUT2D eigenvalue weighted by atomic mass is 19.1. The monoisotopic (exact) mass is 340 g/mol. The molecule has 0 aliphatic heterocycles. The van der Waals surface area contributed by atoms with Gasteiger partial charge >= 0.3 is 0 Å². The summed E-state index contributed by atoms with van der Waals surface area (Å²) in [6.07, 6.45) is 1.56. The Bertz CT molecular complexity index is 863. The molecule has 0 radical (unpaired) electrons. The molecule has 128 valence electrons. The van der Waals surface area contributed by atoms with Gasteiger partial charge in [0.05, 0.1) is 0 Å². The maximum Gasteiger partial charge on any atom is 0.229 e. The molecule has 1 aromatic heterocycles. The SMILES string of the molecule is CCN(c1cccc(C)c1)c1ccnc(Nc2c(F)cccc2F)n1. The van der Waals surface area contributed by atoms with Crippen LogP contribution in [0.25, 0.3) is 0 Å². The van der Waals surface area contributed by atoms with Gasteiger partial charge < -0.3 is 10.2 Å². The molecule has 0 bridgehead atoms. The van der Waals surface area contributed by atoms with E-state index in [2.05, 4.69) is 21.4 Å². The van der Waals surface area contributed by atoms with Crippen LogP contribution in [-0.2, 0) is 0 Å².